The van der Waals surface area contributed by atoms with E-state index in [-0.39, 0.29) is 0 Å². The molecule has 24 heavy (non-hydrogen) atoms. The Kier molecular flexibility index (Phi) is 4.91. The standard InChI is InChI=1S/C18H18ClN5/c1-12-5-3-4-6-14(12)10-20-17-11-21-24-18(23-17)22-16-9-15(19)8-7-13(16)2/h3-9,11H,10H2,1-2H3,(H2,20,22,23,24). The van der Waals surface area contributed by atoms with E-state index in [1.54, 1.807) is 6.20 Å². The van der Waals surface area contributed by atoms with Crippen LogP contribution in [-0.4, -0.2) is 15.2 Å². The number of nitrogens with one attached hydrogen (secondary N) is 2. The van der Waals surface area contributed by atoms with Crippen molar-refractivity contribution in [2.45, 2.75) is 20.4 Å². The molecular formula is C18H18ClN5. The summed E-state index contributed by atoms with van der Waals surface area (Å²) in [6.07, 6.45) is 1.61. The highest BCUT2D eigenvalue weighted by molar-refractivity contribution is 6.30. The second-order valence-electron chi connectivity index (χ2n) is 5.53. The Hall–Kier alpha value is -2.66. The van der Waals surface area contributed by atoms with Crippen LogP contribution < -0.4 is 10.6 Å². The summed E-state index contributed by atoms with van der Waals surface area (Å²) in [5, 5.41) is 15.1. The van der Waals surface area contributed by atoms with Crippen molar-refractivity contribution >= 4 is 29.1 Å². The first-order valence-electron chi connectivity index (χ1n) is 7.63. The van der Waals surface area contributed by atoms with E-state index in [1.807, 2.05) is 37.3 Å². The quantitative estimate of drug-likeness (QED) is 0.716. The topological polar surface area (TPSA) is 62.7 Å². The molecule has 6 heteroatoms. The van der Waals surface area contributed by atoms with Crippen LogP contribution in [0.2, 0.25) is 5.02 Å². The Morgan fingerprint density at radius 1 is 1.04 bits per heavy atom. The monoisotopic (exact) mass is 339 g/mol. The van der Waals surface area contributed by atoms with Crippen molar-refractivity contribution in [1.82, 2.24) is 15.2 Å². The number of benzene rings is 2. The van der Waals surface area contributed by atoms with Gasteiger partial charge in [0.05, 0.1) is 6.20 Å². The number of halogens is 1. The average Bonchev–Trinajstić information content (AvgIpc) is 2.58. The minimum Gasteiger partial charge on any atom is -0.365 e. The van der Waals surface area contributed by atoms with Crippen LogP contribution in [0.5, 0.6) is 0 Å². The van der Waals surface area contributed by atoms with Gasteiger partial charge in [-0.3, -0.25) is 0 Å². The van der Waals surface area contributed by atoms with Gasteiger partial charge >= 0.3 is 0 Å². The first-order chi connectivity index (χ1) is 11.6. The number of hydrogen-bond acceptors (Lipinski definition) is 5. The lowest BCUT2D eigenvalue weighted by atomic mass is 10.1. The third-order valence-corrected chi connectivity index (χ3v) is 3.96. The normalized spacial score (nSPS) is 10.5. The molecule has 122 valence electrons. The van der Waals surface area contributed by atoms with Gasteiger partial charge in [0, 0.05) is 17.3 Å². The number of aryl methyl sites for hydroxylation is 2. The van der Waals surface area contributed by atoms with Gasteiger partial charge in [-0.25, -0.2) is 0 Å². The Morgan fingerprint density at radius 2 is 1.88 bits per heavy atom. The number of nitrogens with zero attached hydrogens (tertiary/aromatic N) is 3. The van der Waals surface area contributed by atoms with E-state index < -0.39 is 0 Å². The predicted octanol–water partition coefficient (Wildman–Crippen LogP) is 4.50. The zero-order valence-corrected chi connectivity index (χ0v) is 14.3. The van der Waals surface area contributed by atoms with Crippen molar-refractivity contribution in [1.29, 1.82) is 0 Å². The lowest BCUT2D eigenvalue weighted by Gasteiger charge is -2.10. The number of rotatable bonds is 5. The molecule has 2 N–H and O–H groups in total. The van der Waals surface area contributed by atoms with Gasteiger partial charge in [0.2, 0.25) is 5.95 Å². The summed E-state index contributed by atoms with van der Waals surface area (Å²) < 4.78 is 0. The highest BCUT2D eigenvalue weighted by Gasteiger charge is 2.05. The third kappa shape index (κ3) is 4.00. The average molecular weight is 340 g/mol. The van der Waals surface area contributed by atoms with E-state index in [0.29, 0.717) is 23.3 Å². The molecule has 0 bridgehead atoms. The lowest BCUT2D eigenvalue weighted by molar-refractivity contribution is 0.963. The Labute approximate surface area is 146 Å². The highest BCUT2D eigenvalue weighted by atomic mass is 35.5. The van der Waals surface area contributed by atoms with Crippen LogP contribution in [0.25, 0.3) is 0 Å². The summed E-state index contributed by atoms with van der Waals surface area (Å²) in [4.78, 5) is 4.44. The van der Waals surface area contributed by atoms with E-state index in [4.69, 9.17) is 11.6 Å². The molecule has 2 aromatic carbocycles. The zero-order valence-electron chi connectivity index (χ0n) is 13.5. The second kappa shape index (κ2) is 7.27. The van der Waals surface area contributed by atoms with Gasteiger partial charge in [-0.15, -0.1) is 5.10 Å². The van der Waals surface area contributed by atoms with Crippen molar-refractivity contribution in [2.24, 2.45) is 0 Å². The summed E-state index contributed by atoms with van der Waals surface area (Å²) in [7, 11) is 0. The number of aromatic nitrogens is 3. The SMILES string of the molecule is Cc1ccccc1CNc1cnnc(Nc2cc(Cl)ccc2C)n1. The van der Waals surface area contributed by atoms with E-state index >= 15 is 0 Å². The van der Waals surface area contributed by atoms with E-state index in [0.717, 1.165) is 11.3 Å². The van der Waals surface area contributed by atoms with E-state index in [1.165, 1.54) is 11.1 Å². The summed E-state index contributed by atoms with van der Waals surface area (Å²) in [6.45, 7) is 4.76. The third-order valence-electron chi connectivity index (χ3n) is 3.73. The van der Waals surface area contributed by atoms with Gasteiger partial charge in [0.15, 0.2) is 5.82 Å². The first-order valence-corrected chi connectivity index (χ1v) is 8.01. The van der Waals surface area contributed by atoms with Gasteiger partial charge in [-0.1, -0.05) is 41.9 Å². The van der Waals surface area contributed by atoms with Crippen LogP contribution in [0, 0.1) is 13.8 Å². The summed E-state index contributed by atoms with van der Waals surface area (Å²) in [6, 6.07) is 13.9. The largest absolute Gasteiger partial charge is 0.365 e. The summed E-state index contributed by atoms with van der Waals surface area (Å²) in [5.41, 5.74) is 4.37. The molecule has 1 aromatic heterocycles. The van der Waals surface area contributed by atoms with Crippen molar-refractivity contribution in [3.63, 3.8) is 0 Å². The maximum atomic E-state index is 6.04. The molecule has 0 saturated carbocycles. The molecule has 0 aliphatic rings. The Bertz CT molecular complexity index is 850. The number of anilines is 3. The molecule has 3 rings (SSSR count). The fourth-order valence-electron chi connectivity index (χ4n) is 2.29. The van der Waals surface area contributed by atoms with Gasteiger partial charge in [-0.05, 0) is 42.7 Å². The van der Waals surface area contributed by atoms with Gasteiger partial charge in [-0.2, -0.15) is 10.1 Å². The van der Waals surface area contributed by atoms with Crippen LogP contribution in [0.4, 0.5) is 17.5 Å². The second-order valence-corrected chi connectivity index (χ2v) is 5.97. The van der Waals surface area contributed by atoms with Crippen LogP contribution in [0.1, 0.15) is 16.7 Å². The van der Waals surface area contributed by atoms with Crippen molar-refractivity contribution < 1.29 is 0 Å². The highest BCUT2D eigenvalue weighted by Crippen LogP contribution is 2.22. The molecular weight excluding hydrogens is 322 g/mol. The van der Waals surface area contributed by atoms with Crippen LogP contribution in [0.15, 0.2) is 48.7 Å². The fourth-order valence-corrected chi connectivity index (χ4v) is 2.46. The fraction of sp³-hybridized carbons (Fsp3) is 0.167. The lowest BCUT2D eigenvalue weighted by Crippen LogP contribution is -2.06. The Balaban J connectivity index is 1.72. The molecule has 1 heterocycles. The molecule has 0 spiro atoms. The van der Waals surface area contributed by atoms with E-state index in [2.05, 4.69) is 44.9 Å². The predicted molar refractivity (Wildman–Crippen MR) is 97.8 cm³/mol. The minimum absolute atomic E-state index is 0.426. The molecule has 5 nitrogen and oxygen atoms in total. The van der Waals surface area contributed by atoms with E-state index in [9.17, 15) is 0 Å². The molecule has 0 amide bonds. The maximum Gasteiger partial charge on any atom is 0.249 e. The molecule has 0 fully saturated rings. The smallest absolute Gasteiger partial charge is 0.249 e. The number of hydrogen-bond donors (Lipinski definition) is 2. The van der Waals surface area contributed by atoms with Crippen molar-refractivity contribution in [3.05, 3.63) is 70.4 Å². The molecule has 3 aromatic rings. The van der Waals surface area contributed by atoms with Gasteiger partial charge in [0.1, 0.15) is 0 Å². The summed E-state index contributed by atoms with van der Waals surface area (Å²) >= 11 is 6.04. The minimum atomic E-state index is 0.426. The Morgan fingerprint density at radius 3 is 2.71 bits per heavy atom. The zero-order chi connectivity index (χ0) is 16.9. The van der Waals surface area contributed by atoms with Crippen LogP contribution >= 0.6 is 11.6 Å². The van der Waals surface area contributed by atoms with Gasteiger partial charge < -0.3 is 10.6 Å². The molecule has 0 radical (unpaired) electrons. The molecule has 0 atom stereocenters. The molecule has 0 aliphatic carbocycles. The van der Waals surface area contributed by atoms with Crippen molar-refractivity contribution in [2.75, 3.05) is 10.6 Å². The summed E-state index contributed by atoms with van der Waals surface area (Å²) in [5.74, 6) is 1.09. The van der Waals surface area contributed by atoms with Gasteiger partial charge in [0.25, 0.3) is 0 Å². The first kappa shape index (κ1) is 16.2. The molecule has 0 unspecified atom stereocenters. The van der Waals surface area contributed by atoms with Crippen LogP contribution in [-0.2, 0) is 6.54 Å². The maximum absolute atomic E-state index is 6.04. The van der Waals surface area contributed by atoms with Crippen LogP contribution in [0.3, 0.4) is 0 Å². The molecule has 0 aliphatic heterocycles. The van der Waals surface area contributed by atoms with Crippen molar-refractivity contribution in [3.8, 4) is 0 Å². The molecule has 0 saturated heterocycles.